The summed E-state index contributed by atoms with van der Waals surface area (Å²) in [7, 11) is 0. The molecule has 7 nitrogen and oxygen atoms in total. The van der Waals surface area contributed by atoms with Crippen LogP contribution in [0.15, 0.2) is 24.5 Å². The van der Waals surface area contributed by atoms with Crippen LogP contribution >= 0.6 is 0 Å². The third-order valence-corrected chi connectivity index (χ3v) is 7.12. The van der Waals surface area contributed by atoms with Gasteiger partial charge in [0.25, 0.3) is 0 Å². The Morgan fingerprint density at radius 2 is 1.80 bits per heavy atom. The van der Waals surface area contributed by atoms with Gasteiger partial charge >= 0.3 is 5.97 Å². The molecule has 0 radical (unpaired) electrons. The number of anilines is 1. The molecule has 1 saturated heterocycles. The first-order valence-corrected chi connectivity index (χ1v) is 14.6. The maximum atomic E-state index is 13.5. The van der Waals surface area contributed by atoms with Gasteiger partial charge < -0.3 is 19.1 Å². The van der Waals surface area contributed by atoms with E-state index >= 15 is 0 Å². The minimum absolute atomic E-state index is 0.236. The Balaban J connectivity index is 2.15. The second-order valence-electron chi connectivity index (χ2n) is 12.8. The van der Waals surface area contributed by atoms with Gasteiger partial charge in [0.2, 0.25) is 0 Å². The Morgan fingerprint density at radius 3 is 2.33 bits per heavy atom. The number of hydrogen-bond donors (Lipinski definition) is 0. The summed E-state index contributed by atoms with van der Waals surface area (Å²) in [5.74, 6) is 0.0892. The highest BCUT2D eigenvalue weighted by Crippen LogP contribution is 2.43. The number of ether oxygens (including phenoxy) is 3. The summed E-state index contributed by atoms with van der Waals surface area (Å²) in [6, 6.07) is 3.69. The van der Waals surface area contributed by atoms with E-state index in [1.54, 1.807) is 6.20 Å². The zero-order valence-corrected chi connectivity index (χ0v) is 25.8. The first-order chi connectivity index (χ1) is 18.7. The Bertz CT molecular complexity index is 1120. The predicted octanol–water partition coefficient (Wildman–Crippen LogP) is 7.40. The van der Waals surface area contributed by atoms with Gasteiger partial charge in [-0.2, -0.15) is 0 Å². The van der Waals surface area contributed by atoms with Gasteiger partial charge in [-0.15, -0.1) is 0 Å². The summed E-state index contributed by atoms with van der Waals surface area (Å²) in [6.45, 7) is 19.1. The molecule has 0 amide bonds. The lowest BCUT2D eigenvalue weighted by atomic mass is 9.82. The van der Waals surface area contributed by atoms with Crippen molar-refractivity contribution in [3.05, 3.63) is 35.8 Å². The number of pyridine rings is 2. The molecule has 0 bridgehead atoms. The number of aromatic nitrogens is 2. The molecule has 0 aliphatic carbocycles. The fraction of sp³-hybridized carbons (Fsp3) is 0.656. The van der Waals surface area contributed by atoms with Crippen molar-refractivity contribution in [1.29, 1.82) is 0 Å². The van der Waals surface area contributed by atoms with Crippen LogP contribution in [0.5, 0.6) is 5.75 Å². The van der Waals surface area contributed by atoms with Gasteiger partial charge in [0.1, 0.15) is 18.5 Å². The maximum Gasteiger partial charge on any atom is 0.340 e. The van der Waals surface area contributed by atoms with Crippen molar-refractivity contribution < 1.29 is 23.4 Å². The number of carbonyl (C=O) groups excluding carboxylic acids is 1. The maximum absolute atomic E-state index is 13.5. The van der Waals surface area contributed by atoms with E-state index in [1.807, 2.05) is 66.8 Å². The second-order valence-corrected chi connectivity index (χ2v) is 12.8. The molecule has 8 heteroatoms. The van der Waals surface area contributed by atoms with Crippen LogP contribution in [0.2, 0.25) is 0 Å². The number of piperidine rings is 1. The minimum Gasteiger partial charge on any atom is -0.486 e. The average Bonchev–Trinajstić information content (AvgIpc) is 2.87. The first kappa shape index (κ1) is 31.8. The molecule has 222 valence electrons. The van der Waals surface area contributed by atoms with Crippen molar-refractivity contribution >= 4 is 11.7 Å². The molecule has 1 fully saturated rings. The van der Waals surface area contributed by atoms with Crippen LogP contribution in [0, 0.1) is 12.3 Å². The van der Waals surface area contributed by atoms with Crippen molar-refractivity contribution in [2.75, 3.05) is 24.7 Å². The van der Waals surface area contributed by atoms with Gasteiger partial charge in [0.15, 0.2) is 6.10 Å². The summed E-state index contributed by atoms with van der Waals surface area (Å²) >= 11 is 0. The van der Waals surface area contributed by atoms with Crippen LogP contribution in [-0.2, 0) is 14.3 Å². The fourth-order valence-corrected chi connectivity index (χ4v) is 4.95. The highest BCUT2D eigenvalue weighted by atomic mass is 19.1. The first-order valence-electron chi connectivity index (χ1n) is 14.6. The molecule has 3 rings (SSSR count). The van der Waals surface area contributed by atoms with E-state index in [1.165, 1.54) is 0 Å². The van der Waals surface area contributed by atoms with Crippen LogP contribution in [0.4, 0.5) is 10.1 Å². The van der Waals surface area contributed by atoms with E-state index in [4.69, 9.17) is 24.2 Å². The highest BCUT2D eigenvalue weighted by molar-refractivity contribution is 5.86. The number of nitrogens with zero attached hydrogens (tertiary/aromatic N) is 3. The molecule has 1 unspecified atom stereocenters. The number of alkyl halides is 1. The van der Waals surface area contributed by atoms with Crippen LogP contribution in [0.3, 0.4) is 0 Å². The highest BCUT2D eigenvalue weighted by Gasteiger charge is 2.37. The molecule has 40 heavy (non-hydrogen) atoms. The van der Waals surface area contributed by atoms with Gasteiger partial charge in [0, 0.05) is 36.1 Å². The molecular weight excluding hydrogens is 509 g/mol. The normalized spacial score (nSPS) is 17.0. The molecule has 0 saturated carbocycles. The molecule has 2 aromatic heterocycles. The predicted molar refractivity (Wildman–Crippen MR) is 158 cm³/mol. The van der Waals surface area contributed by atoms with Gasteiger partial charge in [0.05, 0.1) is 29.3 Å². The smallest absolute Gasteiger partial charge is 0.340 e. The number of esters is 1. The summed E-state index contributed by atoms with van der Waals surface area (Å²) in [5.41, 5.74) is 3.45. The van der Waals surface area contributed by atoms with Crippen molar-refractivity contribution in [2.24, 2.45) is 5.41 Å². The van der Waals surface area contributed by atoms with E-state index in [-0.39, 0.29) is 11.5 Å². The number of rotatable bonds is 11. The van der Waals surface area contributed by atoms with Crippen molar-refractivity contribution in [3.8, 4) is 17.0 Å². The lowest BCUT2D eigenvalue weighted by Gasteiger charge is -2.41. The minimum atomic E-state index is -0.957. The summed E-state index contributed by atoms with van der Waals surface area (Å²) in [6.07, 6.45) is 5.22. The third-order valence-electron chi connectivity index (χ3n) is 7.12. The zero-order chi connectivity index (χ0) is 29.7. The summed E-state index contributed by atoms with van der Waals surface area (Å²) < 4.78 is 31.3. The lowest BCUT2D eigenvalue weighted by molar-refractivity contribution is -0.171. The zero-order valence-electron chi connectivity index (χ0n) is 25.8. The topological polar surface area (TPSA) is 73.8 Å². The van der Waals surface area contributed by atoms with E-state index in [0.717, 1.165) is 43.6 Å². The molecule has 0 aromatic carbocycles. The third kappa shape index (κ3) is 8.38. The molecule has 1 aliphatic rings. The van der Waals surface area contributed by atoms with E-state index < -0.39 is 30.5 Å². The standard InChI is InChI=1S/C32H48FN3O4/c1-10-11-23(18-33)39-24-12-13-26(35-19-24)25-20-34-22(4)27(28(25)36-16-14-32(8,9)15-17-36)29(40-31(5,6)7)30(37)38-21(2)3/h12-13,19-21,23,29H,10-11,14-18H2,1-9H3/t23?,29-/m0/s1. The van der Waals surface area contributed by atoms with Gasteiger partial charge in [-0.3, -0.25) is 9.97 Å². The lowest BCUT2D eigenvalue weighted by Crippen LogP contribution is -2.39. The van der Waals surface area contributed by atoms with Crippen molar-refractivity contribution in [2.45, 2.75) is 112 Å². The van der Waals surface area contributed by atoms with Gasteiger partial charge in [-0.1, -0.05) is 27.2 Å². The van der Waals surface area contributed by atoms with Gasteiger partial charge in [-0.05, 0) is 78.4 Å². The van der Waals surface area contributed by atoms with Crippen LogP contribution in [-0.4, -0.2) is 53.5 Å². The fourth-order valence-electron chi connectivity index (χ4n) is 4.95. The summed E-state index contributed by atoms with van der Waals surface area (Å²) in [4.78, 5) is 25.3. The van der Waals surface area contributed by atoms with E-state index in [9.17, 15) is 9.18 Å². The Hall–Kier alpha value is -2.74. The largest absolute Gasteiger partial charge is 0.486 e. The molecular formula is C32H48FN3O4. The monoisotopic (exact) mass is 557 g/mol. The SMILES string of the molecule is CCCC(CF)Oc1ccc(-c2cnc(C)c([C@H](OC(C)(C)C)C(=O)OC(C)C)c2N2CCC(C)(C)CC2)nc1. The van der Waals surface area contributed by atoms with Crippen LogP contribution in [0.25, 0.3) is 11.3 Å². The molecule has 2 aromatic rings. The summed E-state index contributed by atoms with van der Waals surface area (Å²) in [5, 5.41) is 0. The van der Waals surface area contributed by atoms with Crippen molar-refractivity contribution in [1.82, 2.24) is 9.97 Å². The molecule has 0 N–H and O–H groups in total. The van der Waals surface area contributed by atoms with E-state index in [0.29, 0.717) is 29.1 Å². The molecule has 2 atom stereocenters. The molecule has 3 heterocycles. The average molecular weight is 558 g/mol. The Kier molecular flexibility index (Phi) is 10.6. The molecule has 0 spiro atoms. The second kappa shape index (κ2) is 13.3. The van der Waals surface area contributed by atoms with Gasteiger partial charge in [-0.25, -0.2) is 9.18 Å². The number of aryl methyl sites for hydroxylation is 1. The Labute approximate surface area is 239 Å². The quantitative estimate of drug-likeness (QED) is 0.266. The number of carbonyl (C=O) groups is 1. The van der Waals surface area contributed by atoms with E-state index in [2.05, 4.69) is 18.7 Å². The van der Waals surface area contributed by atoms with Crippen LogP contribution < -0.4 is 9.64 Å². The van der Waals surface area contributed by atoms with Crippen molar-refractivity contribution in [3.63, 3.8) is 0 Å². The van der Waals surface area contributed by atoms with Crippen LogP contribution in [0.1, 0.15) is 98.4 Å². The number of halogens is 1. The number of hydrogen-bond acceptors (Lipinski definition) is 7. The Morgan fingerprint density at radius 1 is 1.12 bits per heavy atom. The molecule has 1 aliphatic heterocycles.